The molecule has 0 fully saturated rings. The quantitative estimate of drug-likeness (QED) is 0.184. The summed E-state index contributed by atoms with van der Waals surface area (Å²) in [7, 11) is 0. The van der Waals surface area contributed by atoms with Gasteiger partial charge in [0.25, 0.3) is 0 Å². The third-order valence-corrected chi connectivity index (χ3v) is 3.91. The maximum absolute atomic E-state index is 5.65. The first-order valence-electron chi connectivity index (χ1n) is 7.80. The average molecular weight is 324 g/mol. The lowest BCUT2D eigenvalue weighted by molar-refractivity contribution is 0.543. The van der Waals surface area contributed by atoms with Crippen LogP contribution in [-0.2, 0) is 0 Å². The highest BCUT2D eigenvalue weighted by atomic mass is 35.5. The van der Waals surface area contributed by atoms with Crippen LogP contribution < -0.4 is 5.32 Å². The minimum atomic E-state index is 0.617. The molecule has 1 N–H and O–H groups in total. The van der Waals surface area contributed by atoms with E-state index in [4.69, 9.17) is 23.8 Å². The second-order valence-corrected chi connectivity index (χ2v) is 6.70. The van der Waals surface area contributed by atoms with Gasteiger partial charge in [0, 0.05) is 12.4 Å². The number of halogens is 1. The van der Waals surface area contributed by atoms with Gasteiger partial charge >= 0.3 is 0 Å². The Kier molecular flexibility index (Phi) is 17.0. The van der Waals surface area contributed by atoms with E-state index in [1.807, 2.05) is 0 Å². The normalized spacial score (nSPS) is 10.6. The lowest BCUT2D eigenvalue weighted by atomic mass is 10.1. The van der Waals surface area contributed by atoms with Gasteiger partial charge in [-0.3, -0.25) is 0 Å². The maximum Gasteiger partial charge on any atom is 0.130 e. The summed E-state index contributed by atoms with van der Waals surface area (Å²) in [5.41, 5.74) is 0. The van der Waals surface area contributed by atoms with Crippen LogP contribution in [0.2, 0.25) is 0 Å². The van der Waals surface area contributed by atoms with Crippen molar-refractivity contribution in [3.8, 4) is 0 Å². The van der Waals surface area contributed by atoms with Gasteiger partial charge in [-0.2, -0.15) is 0 Å². The number of thiol groups is 1. The smallest absolute Gasteiger partial charge is 0.130 e. The monoisotopic (exact) mass is 323 g/mol. The molecule has 0 aromatic carbocycles. The molecule has 0 bridgehead atoms. The van der Waals surface area contributed by atoms with E-state index in [1.165, 1.54) is 77.0 Å². The molecule has 0 unspecified atom stereocenters. The topological polar surface area (TPSA) is 12.0 Å². The zero-order valence-corrected chi connectivity index (χ0v) is 14.6. The van der Waals surface area contributed by atoms with Crippen LogP contribution in [0.4, 0.5) is 0 Å². The zero-order chi connectivity index (χ0) is 14.2. The molecular weight excluding hydrogens is 294 g/mol. The van der Waals surface area contributed by atoms with Crippen molar-refractivity contribution in [1.82, 2.24) is 5.32 Å². The van der Waals surface area contributed by atoms with Crippen molar-refractivity contribution in [2.24, 2.45) is 0 Å². The second kappa shape index (κ2) is 16.6. The first kappa shape index (κ1) is 19.5. The fourth-order valence-electron chi connectivity index (χ4n) is 2.18. The van der Waals surface area contributed by atoms with Gasteiger partial charge in [-0.25, -0.2) is 0 Å². The van der Waals surface area contributed by atoms with E-state index in [-0.39, 0.29) is 0 Å². The summed E-state index contributed by atoms with van der Waals surface area (Å²) >= 11 is 14.5. The Morgan fingerprint density at radius 3 is 1.47 bits per heavy atom. The van der Waals surface area contributed by atoms with Crippen molar-refractivity contribution in [3.05, 3.63) is 0 Å². The molecule has 0 rings (SSSR count). The van der Waals surface area contributed by atoms with Crippen molar-refractivity contribution in [3.63, 3.8) is 0 Å². The van der Waals surface area contributed by atoms with E-state index in [2.05, 4.69) is 17.9 Å². The minimum Gasteiger partial charge on any atom is -0.371 e. The highest BCUT2D eigenvalue weighted by Gasteiger charge is 1.94. The summed E-state index contributed by atoms with van der Waals surface area (Å²) in [6, 6.07) is 0. The zero-order valence-electron chi connectivity index (χ0n) is 12.1. The number of thiocarbonyl (C=S) groups is 1. The van der Waals surface area contributed by atoms with E-state index in [1.54, 1.807) is 0 Å². The molecule has 0 heterocycles. The fraction of sp³-hybridized carbons (Fsp3) is 0.933. The second-order valence-electron chi connectivity index (χ2n) is 5.16. The molecule has 1 nitrogen and oxygen atoms in total. The summed E-state index contributed by atoms with van der Waals surface area (Å²) in [6.07, 6.45) is 16.2. The van der Waals surface area contributed by atoms with E-state index in [0.29, 0.717) is 4.32 Å². The van der Waals surface area contributed by atoms with Gasteiger partial charge in [0.15, 0.2) is 0 Å². The van der Waals surface area contributed by atoms with E-state index in [0.717, 1.165) is 12.4 Å². The molecule has 114 valence electrons. The summed E-state index contributed by atoms with van der Waals surface area (Å²) in [4.78, 5) is 0. The number of unbranched alkanes of at least 4 members (excludes halogenated alkanes) is 11. The summed E-state index contributed by atoms with van der Waals surface area (Å²) < 4.78 is 0.617. The largest absolute Gasteiger partial charge is 0.371 e. The molecule has 19 heavy (non-hydrogen) atoms. The number of alkyl halides is 1. The summed E-state index contributed by atoms with van der Waals surface area (Å²) in [5, 5.41) is 3.07. The molecular formula is C15H30ClNS2. The van der Waals surface area contributed by atoms with Gasteiger partial charge in [-0.1, -0.05) is 76.4 Å². The number of hydrogen-bond acceptors (Lipinski definition) is 1. The molecule has 0 aromatic heterocycles. The lowest BCUT2D eigenvalue weighted by Gasteiger charge is -2.04. The van der Waals surface area contributed by atoms with Crippen molar-refractivity contribution < 1.29 is 0 Å². The maximum atomic E-state index is 5.65. The number of hydrogen-bond donors (Lipinski definition) is 2. The van der Waals surface area contributed by atoms with Crippen molar-refractivity contribution in [2.75, 3.05) is 12.4 Å². The predicted octanol–water partition coefficient (Wildman–Crippen LogP) is 5.71. The first-order chi connectivity index (χ1) is 9.27. The van der Waals surface area contributed by atoms with Crippen molar-refractivity contribution >= 4 is 40.8 Å². The Morgan fingerprint density at radius 2 is 1.11 bits per heavy atom. The Hall–Kier alpha value is 0.530. The Balaban J connectivity index is 2.93. The van der Waals surface area contributed by atoms with Crippen LogP contribution in [0, 0.1) is 0 Å². The van der Waals surface area contributed by atoms with Gasteiger partial charge in [-0.05, 0) is 12.8 Å². The van der Waals surface area contributed by atoms with Gasteiger partial charge < -0.3 is 5.32 Å². The van der Waals surface area contributed by atoms with E-state index >= 15 is 0 Å². The first-order valence-corrected chi connectivity index (χ1v) is 9.19. The molecule has 0 saturated carbocycles. The van der Waals surface area contributed by atoms with Gasteiger partial charge in [-0.15, -0.1) is 24.2 Å². The molecule has 0 aromatic rings. The van der Waals surface area contributed by atoms with Crippen LogP contribution >= 0.6 is 36.4 Å². The number of nitrogens with one attached hydrogen (secondary N) is 1. The SMILES string of the molecule is S=C(S)NCCCCCCCCCCCCCCCl. The van der Waals surface area contributed by atoms with Crippen molar-refractivity contribution in [2.45, 2.75) is 77.0 Å². The number of rotatable bonds is 14. The molecule has 0 aliphatic rings. The van der Waals surface area contributed by atoms with Crippen LogP contribution in [0.3, 0.4) is 0 Å². The average Bonchev–Trinajstić information content (AvgIpc) is 2.39. The van der Waals surface area contributed by atoms with E-state index < -0.39 is 0 Å². The highest BCUT2D eigenvalue weighted by molar-refractivity contribution is 8.11. The van der Waals surface area contributed by atoms with Crippen LogP contribution in [0.1, 0.15) is 77.0 Å². The van der Waals surface area contributed by atoms with E-state index in [9.17, 15) is 0 Å². The minimum absolute atomic E-state index is 0.617. The molecule has 0 amide bonds. The third kappa shape index (κ3) is 18.5. The molecule has 0 spiro atoms. The molecule has 0 aliphatic heterocycles. The third-order valence-electron chi connectivity index (χ3n) is 3.34. The Bertz CT molecular complexity index is 201. The van der Waals surface area contributed by atoms with Crippen LogP contribution in [0.25, 0.3) is 0 Å². The molecule has 0 saturated heterocycles. The lowest BCUT2D eigenvalue weighted by Crippen LogP contribution is -2.17. The van der Waals surface area contributed by atoms with Crippen LogP contribution in [0.5, 0.6) is 0 Å². The molecule has 0 aliphatic carbocycles. The van der Waals surface area contributed by atoms with Gasteiger partial charge in [0.1, 0.15) is 4.32 Å². The summed E-state index contributed by atoms with van der Waals surface area (Å²) in [5.74, 6) is 0.829. The summed E-state index contributed by atoms with van der Waals surface area (Å²) in [6.45, 7) is 0.977. The fourth-order valence-corrected chi connectivity index (χ4v) is 2.59. The van der Waals surface area contributed by atoms with Gasteiger partial charge in [0.05, 0.1) is 0 Å². The predicted molar refractivity (Wildman–Crippen MR) is 95.7 cm³/mol. The van der Waals surface area contributed by atoms with Crippen LogP contribution in [-0.4, -0.2) is 16.7 Å². The molecule has 0 radical (unpaired) electrons. The molecule has 4 heteroatoms. The Labute approximate surface area is 135 Å². The van der Waals surface area contributed by atoms with Crippen LogP contribution in [0.15, 0.2) is 0 Å². The van der Waals surface area contributed by atoms with Crippen molar-refractivity contribution in [1.29, 1.82) is 0 Å². The van der Waals surface area contributed by atoms with Gasteiger partial charge in [0.2, 0.25) is 0 Å². The highest BCUT2D eigenvalue weighted by Crippen LogP contribution is 2.12. The molecule has 0 atom stereocenters. The Morgan fingerprint density at radius 1 is 0.737 bits per heavy atom. The standard InChI is InChI=1S/C15H30ClNS2/c16-13-11-9-7-5-3-1-2-4-6-8-10-12-14-17-15(18)19/h1-14H2,(H2,17,18,19).